The van der Waals surface area contributed by atoms with Crippen LogP contribution >= 0.6 is 11.8 Å². The minimum absolute atomic E-state index is 0.139. The molecule has 0 aromatic carbocycles. The third-order valence-electron chi connectivity index (χ3n) is 1.61. The Morgan fingerprint density at radius 3 is 2.30 bits per heavy atom. The van der Waals surface area contributed by atoms with E-state index < -0.39 is 0 Å². The van der Waals surface area contributed by atoms with Gasteiger partial charge < -0.3 is 4.90 Å². The van der Waals surface area contributed by atoms with Crippen molar-refractivity contribution in [3.05, 3.63) is 0 Å². The third kappa shape index (κ3) is 1.45. The largest absolute Gasteiger partial charge is 0.346 e. The maximum atomic E-state index is 7.55. The van der Waals surface area contributed by atoms with Crippen LogP contribution in [0.3, 0.4) is 0 Å². The summed E-state index contributed by atoms with van der Waals surface area (Å²) in [5.41, 5.74) is 0.139. The molecule has 1 aliphatic heterocycles. The highest BCUT2D eigenvalue weighted by Crippen LogP contribution is 2.24. The molecule has 58 valence electrons. The van der Waals surface area contributed by atoms with Crippen LogP contribution in [0.5, 0.6) is 0 Å². The quantitative estimate of drug-likeness (QED) is 0.581. The molecule has 1 fully saturated rings. The van der Waals surface area contributed by atoms with Crippen LogP contribution in [0.25, 0.3) is 0 Å². The lowest BCUT2D eigenvalue weighted by Gasteiger charge is -2.32. The van der Waals surface area contributed by atoms with Crippen molar-refractivity contribution in [2.75, 3.05) is 12.3 Å². The Morgan fingerprint density at radius 1 is 1.50 bits per heavy atom. The van der Waals surface area contributed by atoms with E-state index in [1.165, 1.54) is 0 Å². The van der Waals surface area contributed by atoms with Crippen LogP contribution in [0.2, 0.25) is 0 Å². The van der Waals surface area contributed by atoms with Crippen molar-refractivity contribution in [3.63, 3.8) is 0 Å². The van der Waals surface area contributed by atoms with Crippen LogP contribution in [0.1, 0.15) is 20.8 Å². The molecule has 2 nitrogen and oxygen atoms in total. The van der Waals surface area contributed by atoms with Crippen molar-refractivity contribution in [3.8, 4) is 0 Å². The van der Waals surface area contributed by atoms with Gasteiger partial charge in [-0.2, -0.15) is 0 Å². The number of nitrogens with zero attached hydrogens (tertiary/aromatic N) is 1. The van der Waals surface area contributed by atoms with Crippen molar-refractivity contribution >= 4 is 16.9 Å². The Hall–Kier alpha value is -0.180. The molecule has 1 N–H and O–H groups in total. The second-order valence-electron chi connectivity index (χ2n) is 3.48. The summed E-state index contributed by atoms with van der Waals surface area (Å²) < 4.78 is 0. The van der Waals surface area contributed by atoms with Gasteiger partial charge in [0.15, 0.2) is 5.17 Å². The molecule has 1 saturated heterocycles. The van der Waals surface area contributed by atoms with Gasteiger partial charge in [-0.3, -0.25) is 5.41 Å². The lowest BCUT2D eigenvalue weighted by atomic mass is 10.1. The summed E-state index contributed by atoms with van der Waals surface area (Å²) in [6, 6.07) is 0. The molecule has 0 spiro atoms. The fraction of sp³-hybridized carbons (Fsp3) is 0.857. The topological polar surface area (TPSA) is 27.1 Å². The average molecular weight is 158 g/mol. The number of nitrogens with one attached hydrogen (secondary N) is 1. The first-order valence-electron chi connectivity index (χ1n) is 3.51. The maximum absolute atomic E-state index is 7.55. The molecule has 0 amide bonds. The zero-order valence-corrected chi connectivity index (χ0v) is 7.59. The van der Waals surface area contributed by atoms with Gasteiger partial charge in [0.25, 0.3) is 0 Å². The Kier molecular flexibility index (Phi) is 1.95. The molecule has 0 saturated carbocycles. The predicted octanol–water partition coefficient (Wildman–Crippen LogP) is 1.77. The highest BCUT2D eigenvalue weighted by Gasteiger charge is 2.27. The number of rotatable bonds is 0. The van der Waals surface area contributed by atoms with Crippen molar-refractivity contribution < 1.29 is 0 Å². The van der Waals surface area contributed by atoms with E-state index in [1.807, 2.05) is 0 Å². The van der Waals surface area contributed by atoms with E-state index in [0.29, 0.717) is 0 Å². The van der Waals surface area contributed by atoms with Gasteiger partial charge in [-0.15, -0.1) is 0 Å². The van der Waals surface area contributed by atoms with Crippen molar-refractivity contribution in [1.82, 2.24) is 4.90 Å². The summed E-state index contributed by atoms with van der Waals surface area (Å²) in [7, 11) is 0. The Morgan fingerprint density at radius 2 is 2.10 bits per heavy atom. The smallest absolute Gasteiger partial charge is 0.156 e. The van der Waals surface area contributed by atoms with Crippen LogP contribution < -0.4 is 0 Å². The van der Waals surface area contributed by atoms with Crippen molar-refractivity contribution in [2.45, 2.75) is 26.3 Å². The van der Waals surface area contributed by atoms with Gasteiger partial charge in [0.2, 0.25) is 0 Å². The Bertz CT molecular complexity index is 148. The Labute approximate surface area is 66.5 Å². The first kappa shape index (κ1) is 7.92. The van der Waals surface area contributed by atoms with Crippen LogP contribution in [0.15, 0.2) is 0 Å². The predicted molar refractivity (Wildman–Crippen MR) is 46.6 cm³/mol. The first-order chi connectivity index (χ1) is 4.52. The molecule has 0 aromatic rings. The molecule has 3 heteroatoms. The summed E-state index contributed by atoms with van der Waals surface area (Å²) >= 11 is 1.64. The third-order valence-corrected chi connectivity index (χ3v) is 2.49. The van der Waals surface area contributed by atoms with Crippen molar-refractivity contribution in [2.24, 2.45) is 0 Å². The summed E-state index contributed by atoms with van der Waals surface area (Å²) in [6.45, 7) is 7.47. The standard InChI is InChI=1S/C7H14N2S/c1-7(2,3)9-4-5-10-6(9)8/h8H,4-5H2,1-3H3. The molecule has 0 unspecified atom stereocenters. The lowest BCUT2D eigenvalue weighted by Crippen LogP contribution is -2.41. The van der Waals surface area contributed by atoms with E-state index in [1.54, 1.807) is 11.8 Å². The lowest BCUT2D eigenvalue weighted by molar-refractivity contribution is 0.258. The SMILES string of the molecule is CC(C)(C)N1CCSC1=N. The fourth-order valence-electron chi connectivity index (χ4n) is 1.05. The van der Waals surface area contributed by atoms with E-state index in [4.69, 9.17) is 5.41 Å². The van der Waals surface area contributed by atoms with Crippen LogP contribution in [-0.4, -0.2) is 27.9 Å². The normalized spacial score (nSPS) is 20.3. The molecule has 1 rings (SSSR count). The van der Waals surface area contributed by atoms with Crippen LogP contribution in [0, 0.1) is 5.41 Å². The number of hydrogen-bond acceptors (Lipinski definition) is 2. The summed E-state index contributed by atoms with van der Waals surface area (Å²) in [5, 5.41) is 8.28. The molecular formula is C7H14N2S. The van der Waals surface area contributed by atoms with Gasteiger partial charge >= 0.3 is 0 Å². The first-order valence-corrected chi connectivity index (χ1v) is 4.49. The molecule has 0 aliphatic carbocycles. The second kappa shape index (κ2) is 2.46. The van der Waals surface area contributed by atoms with Gasteiger partial charge in [-0.25, -0.2) is 0 Å². The van der Waals surface area contributed by atoms with E-state index in [-0.39, 0.29) is 5.54 Å². The number of amidine groups is 1. The van der Waals surface area contributed by atoms with E-state index >= 15 is 0 Å². The zero-order chi connectivity index (χ0) is 7.78. The highest BCUT2D eigenvalue weighted by atomic mass is 32.2. The van der Waals surface area contributed by atoms with E-state index in [9.17, 15) is 0 Å². The average Bonchev–Trinajstić information content (AvgIpc) is 2.11. The van der Waals surface area contributed by atoms with Gasteiger partial charge in [0.1, 0.15) is 0 Å². The van der Waals surface area contributed by atoms with E-state index in [2.05, 4.69) is 25.7 Å². The fourth-order valence-corrected chi connectivity index (χ4v) is 2.04. The molecule has 0 atom stereocenters. The molecule has 0 bridgehead atoms. The molecule has 0 radical (unpaired) electrons. The van der Waals surface area contributed by atoms with Gasteiger partial charge in [0, 0.05) is 17.8 Å². The van der Waals surface area contributed by atoms with Crippen LogP contribution in [-0.2, 0) is 0 Å². The minimum Gasteiger partial charge on any atom is -0.346 e. The highest BCUT2D eigenvalue weighted by molar-refractivity contribution is 8.14. The monoisotopic (exact) mass is 158 g/mol. The molecule has 0 aromatic heterocycles. The number of hydrogen-bond donors (Lipinski definition) is 1. The number of thioether (sulfide) groups is 1. The zero-order valence-electron chi connectivity index (χ0n) is 6.77. The minimum atomic E-state index is 0.139. The van der Waals surface area contributed by atoms with Gasteiger partial charge in [0.05, 0.1) is 0 Å². The van der Waals surface area contributed by atoms with E-state index in [0.717, 1.165) is 17.5 Å². The molecular weight excluding hydrogens is 144 g/mol. The Balaban J connectivity index is 2.64. The van der Waals surface area contributed by atoms with Gasteiger partial charge in [-0.1, -0.05) is 11.8 Å². The van der Waals surface area contributed by atoms with Crippen molar-refractivity contribution in [1.29, 1.82) is 5.41 Å². The molecule has 10 heavy (non-hydrogen) atoms. The maximum Gasteiger partial charge on any atom is 0.156 e. The summed E-state index contributed by atoms with van der Waals surface area (Å²) in [4.78, 5) is 2.14. The molecule has 1 heterocycles. The summed E-state index contributed by atoms with van der Waals surface area (Å²) in [5.74, 6) is 1.08. The summed E-state index contributed by atoms with van der Waals surface area (Å²) in [6.07, 6.45) is 0. The van der Waals surface area contributed by atoms with Gasteiger partial charge in [-0.05, 0) is 20.8 Å². The van der Waals surface area contributed by atoms with Crippen LogP contribution in [0.4, 0.5) is 0 Å². The second-order valence-corrected chi connectivity index (χ2v) is 4.56. The molecule has 1 aliphatic rings.